The number of ether oxygens (including phenoxy) is 1. The Labute approximate surface area is 92.1 Å². The van der Waals surface area contributed by atoms with Crippen LogP contribution in [0.3, 0.4) is 0 Å². The Morgan fingerprint density at radius 2 is 1.88 bits per heavy atom. The Morgan fingerprint density at radius 3 is 2.38 bits per heavy atom. The summed E-state index contributed by atoms with van der Waals surface area (Å²) in [6.07, 6.45) is 0.312. The van der Waals surface area contributed by atoms with Crippen LogP contribution in [0.1, 0.15) is 20.8 Å². The van der Waals surface area contributed by atoms with Gasteiger partial charge in [-0.15, -0.1) is 0 Å². The van der Waals surface area contributed by atoms with E-state index in [1.165, 1.54) is 7.05 Å². The Kier molecular flexibility index (Phi) is 3.02. The number of aromatic nitrogens is 2. The average molecular weight is 226 g/mol. The van der Waals surface area contributed by atoms with E-state index in [0.717, 1.165) is 21.4 Å². The van der Waals surface area contributed by atoms with Gasteiger partial charge in [0.2, 0.25) is 0 Å². The van der Waals surface area contributed by atoms with Crippen LogP contribution in [0.5, 0.6) is 0 Å². The molecule has 6 nitrogen and oxygen atoms in total. The predicted molar refractivity (Wildman–Crippen MR) is 57.6 cm³/mol. The molecule has 0 amide bonds. The summed E-state index contributed by atoms with van der Waals surface area (Å²) in [7, 11) is 1.30. The molecule has 0 bridgehead atoms. The largest absolute Gasteiger partial charge is 0.443 e. The van der Waals surface area contributed by atoms with Gasteiger partial charge >= 0.3 is 11.8 Å². The molecule has 88 valence electrons. The lowest BCUT2D eigenvalue weighted by Gasteiger charge is -2.19. The second kappa shape index (κ2) is 3.96. The fraction of sp³-hybridized carbons (Fsp3) is 0.500. The molecule has 1 aromatic heterocycles. The van der Waals surface area contributed by atoms with E-state index in [1.54, 1.807) is 20.8 Å². The van der Waals surface area contributed by atoms with Gasteiger partial charge < -0.3 is 4.74 Å². The molecule has 0 saturated heterocycles. The summed E-state index contributed by atoms with van der Waals surface area (Å²) >= 11 is 0. The maximum Gasteiger partial charge on any atom is 0.422 e. The minimum Gasteiger partial charge on any atom is -0.443 e. The molecule has 0 fully saturated rings. The predicted octanol–water partition coefficient (Wildman–Crippen LogP) is 0.330. The first-order valence-corrected chi connectivity index (χ1v) is 4.74. The van der Waals surface area contributed by atoms with Crippen molar-refractivity contribution in [2.24, 2.45) is 7.05 Å². The van der Waals surface area contributed by atoms with E-state index in [4.69, 9.17) is 4.74 Å². The topological polar surface area (TPSA) is 70.3 Å². The molecule has 0 spiro atoms. The van der Waals surface area contributed by atoms with Crippen LogP contribution in [0.4, 0.5) is 4.79 Å². The van der Waals surface area contributed by atoms with E-state index >= 15 is 0 Å². The lowest BCUT2D eigenvalue weighted by Crippen LogP contribution is -2.41. The number of carbonyl (C=O) groups is 1. The average Bonchev–Trinajstić information content (AvgIpc) is 2.11. The van der Waals surface area contributed by atoms with E-state index < -0.39 is 22.9 Å². The molecule has 0 N–H and O–H groups in total. The molecule has 6 heteroatoms. The van der Waals surface area contributed by atoms with E-state index in [1.807, 2.05) is 0 Å². The van der Waals surface area contributed by atoms with Gasteiger partial charge in [0.25, 0.3) is 5.56 Å². The minimum absolute atomic E-state index is 0.468. The molecule has 16 heavy (non-hydrogen) atoms. The quantitative estimate of drug-likeness (QED) is 0.639. The molecular weight excluding hydrogens is 212 g/mol. The van der Waals surface area contributed by atoms with Crippen molar-refractivity contribution in [3.8, 4) is 0 Å². The zero-order valence-corrected chi connectivity index (χ0v) is 9.68. The summed E-state index contributed by atoms with van der Waals surface area (Å²) < 4.78 is 6.60. The third-order valence-electron chi connectivity index (χ3n) is 1.78. The van der Waals surface area contributed by atoms with E-state index in [0.29, 0.717) is 0 Å². The van der Waals surface area contributed by atoms with Crippen molar-refractivity contribution in [2.45, 2.75) is 26.4 Å². The van der Waals surface area contributed by atoms with Crippen LogP contribution in [-0.4, -0.2) is 20.8 Å². The molecule has 0 radical (unpaired) electrons. The Morgan fingerprint density at radius 1 is 1.31 bits per heavy atom. The Bertz CT molecular complexity index is 519. The molecule has 0 unspecified atom stereocenters. The second-order valence-electron chi connectivity index (χ2n) is 4.35. The third kappa shape index (κ3) is 2.59. The Hall–Kier alpha value is -1.85. The van der Waals surface area contributed by atoms with E-state index in [9.17, 15) is 14.4 Å². The highest BCUT2D eigenvalue weighted by atomic mass is 16.6. The van der Waals surface area contributed by atoms with Gasteiger partial charge in [-0.3, -0.25) is 9.36 Å². The van der Waals surface area contributed by atoms with Crippen LogP contribution in [0.2, 0.25) is 0 Å². The zero-order valence-electron chi connectivity index (χ0n) is 9.68. The normalized spacial score (nSPS) is 11.2. The first-order chi connectivity index (χ1) is 7.22. The first kappa shape index (κ1) is 12.2. The van der Waals surface area contributed by atoms with Crippen molar-refractivity contribution in [3.63, 3.8) is 0 Å². The molecule has 1 rings (SSSR count). The van der Waals surface area contributed by atoms with Gasteiger partial charge in [-0.2, -0.15) is 0 Å². The SMILES string of the molecule is Cn1c(=O)ccn(C(=O)OC(C)(C)C)c1=O. The van der Waals surface area contributed by atoms with Crippen molar-refractivity contribution < 1.29 is 9.53 Å². The van der Waals surface area contributed by atoms with Crippen molar-refractivity contribution in [1.82, 2.24) is 9.13 Å². The van der Waals surface area contributed by atoms with Crippen LogP contribution < -0.4 is 11.2 Å². The third-order valence-corrected chi connectivity index (χ3v) is 1.78. The molecule has 0 aliphatic rings. The summed E-state index contributed by atoms with van der Waals surface area (Å²) in [4.78, 5) is 34.2. The van der Waals surface area contributed by atoms with Crippen LogP contribution in [0.15, 0.2) is 21.9 Å². The van der Waals surface area contributed by atoms with Gasteiger partial charge in [-0.05, 0) is 20.8 Å². The molecule has 0 atom stereocenters. The van der Waals surface area contributed by atoms with Crippen molar-refractivity contribution in [2.75, 3.05) is 0 Å². The van der Waals surface area contributed by atoms with Gasteiger partial charge in [-0.1, -0.05) is 0 Å². The lowest BCUT2D eigenvalue weighted by atomic mass is 10.2. The highest BCUT2D eigenvalue weighted by Crippen LogP contribution is 2.07. The fourth-order valence-corrected chi connectivity index (χ4v) is 1.02. The fourth-order valence-electron chi connectivity index (χ4n) is 1.02. The monoisotopic (exact) mass is 226 g/mol. The van der Waals surface area contributed by atoms with Crippen molar-refractivity contribution in [3.05, 3.63) is 33.1 Å². The number of nitrogens with zero attached hydrogens (tertiary/aromatic N) is 2. The highest BCUT2D eigenvalue weighted by Gasteiger charge is 2.19. The van der Waals surface area contributed by atoms with Crippen LogP contribution >= 0.6 is 0 Å². The van der Waals surface area contributed by atoms with E-state index in [-0.39, 0.29) is 0 Å². The zero-order chi connectivity index (χ0) is 12.5. The molecule has 0 aliphatic heterocycles. The molecular formula is C10H14N2O4. The molecule has 0 aliphatic carbocycles. The van der Waals surface area contributed by atoms with Crippen LogP contribution in [0.25, 0.3) is 0 Å². The molecule has 1 heterocycles. The van der Waals surface area contributed by atoms with Gasteiger partial charge in [0.15, 0.2) is 0 Å². The maximum atomic E-state index is 11.6. The van der Waals surface area contributed by atoms with Crippen molar-refractivity contribution in [1.29, 1.82) is 0 Å². The standard InChI is InChI=1S/C10H14N2O4/c1-10(2,3)16-9(15)12-6-5-7(13)11(4)8(12)14/h5-6H,1-4H3. The molecule has 1 aromatic rings. The summed E-state index contributed by atoms with van der Waals surface area (Å²) in [6, 6.07) is 1.13. The summed E-state index contributed by atoms with van der Waals surface area (Å²) in [5, 5.41) is 0. The number of carbonyl (C=O) groups excluding carboxylic acids is 1. The number of hydrogen-bond acceptors (Lipinski definition) is 4. The summed E-state index contributed by atoms with van der Waals surface area (Å²) in [5.74, 6) is 0. The summed E-state index contributed by atoms with van der Waals surface area (Å²) in [5.41, 5.74) is -1.88. The molecule has 0 saturated carbocycles. The minimum atomic E-state index is -0.798. The molecule has 0 aromatic carbocycles. The number of hydrogen-bond donors (Lipinski definition) is 0. The smallest absolute Gasteiger partial charge is 0.422 e. The van der Waals surface area contributed by atoms with Crippen molar-refractivity contribution >= 4 is 6.09 Å². The maximum absolute atomic E-state index is 11.6. The second-order valence-corrected chi connectivity index (χ2v) is 4.35. The number of rotatable bonds is 0. The summed E-state index contributed by atoms with van der Waals surface area (Å²) in [6.45, 7) is 5.08. The van der Waals surface area contributed by atoms with E-state index in [2.05, 4.69) is 0 Å². The van der Waals surface area contributed by atoms with Crippen LogP contribution in [0, 0.1) is 0 Å². The highest BCUT2D eigenvalue weighted by molar-refractivity contribution is 5.70. The van der Waals surface area contributed by atoms with Crippen LogP contribution in [-0.2, 0) is 11.8 Å². The van der Waals surface area contributed by atoms with Gasteiger partial charge in [-0.25, -0.2) is 14.2 Å². The van der Waals surface area contributed by atoms with Gasteiger partial charge in [0, 0.05) is 19.3 Å². The first-order valence-electron chi connectivity index (χ1n) is 4.74. The van der Waals surface area contributed by atoms with Gasteiger partial charge in [0.1, 0.15) is 5.60 Å². The lowest BCUT2D eigenvalue weighted by molar-refractivity contribution is 0.0526. The van der Waals surface area contributed by atoms with Gasteiger partial charge in [0.05, 0.1) is 0 Å². The Balaban J connectivity index is 3.17.